The first-order valence-corrected chi connectivity index (χ1v) is 10.3. The lowest BCUT2D eigenvalue weighted by atomic mass is 10.2. The van der Waals surface area contributed by atoms with Crippen molar-refractivity contribution in [2.75, 3.05) is 0 Å². The summed E-state index contributed by atoms with van der Waals surface area (Å²) in [7, 11) is 0. The van der Waals surface area contributed by atoms with Crippen molar-refractivity contribution in [2.24, 2.45) is 0 Å². The number of benzene rings is 2. The smallest absolute Gasteiger partial charge is 0.279 e. The van der Waals surface area contributed by atoms with Crippen LogP contribution in [0.3, 0.4) is 0 Å². The second kappa shape index (κ2) is 10.3. The van der Waals surface area contributed by atoms with Crippen molar-refractivity contribution in [1.29, 1.82) is 0 Å². The molecule has 1 aromatic heterocycles. The lowest BCUT2D eigenvalue weighted by molar-refractivity contribution is -0.132. The van der Waals surface area contributed by atoms with Crippen LogP contribution in [-0.4, -0.2) is 22.9 Å². The van der Waals surface area contributed by atoms with Crippen LogP contribution in [0.5, 0.6) is 5.75 Å². The van der Waals surface area contributed by atoms with E-state index in [1.54, 1.807) is 43.5 Å². The van der Waals surface area contributed by atoms with Gasteiger partial charge in [0, 0.05) is 27.9 Å². The molecule has 0 saturated carbocycles. The van der Waals surface area contributed by atoms with Gasteiger partial charge in [0.05, 0.1) is 6.20 Å². The third-order valence-electron chi connectivity index (χ3n) is 4.05. The molecule has 0 saturated heterocycles. The summed E-state index contributed by atoms with van der Waals surface area (Å²) in [6.45, 7) is 1.59. The molecule has 2 amide bonds. The normalized spacial score (nSPS) is 11.6. The summed E-state index contributed by atoms with van der Waals surface area (Å²) in [5.41, 5.74) is 5.56. The van der Waals surface area contributed by atoms with Crippen molar-refractivity contribution in [3.63, 3.8) is 0 Å². The Morgan fingerprint density at radius 2 is 1.97 bits per heavy atom. The van der Waals surface area contributed by atoms with Crippen LogP contribution in [0.15, 0.2) is 63.6 Å². The number of oxazole rings is 1. The summed E-state index contributed by atoms with van der Waals surface area (Å²) >= 11 is 9.21. The fourth-order valence-corrected chi connectivity index (χ4v) is 2.99. The lowest BCUT2D eigenvalue weighted by Gasteiger charge is -2.15. The van der Waals surface area contributed by atoms with Crippen molar-refractivity contribution in [2.45, 2.75) is 25.9 Å². The highest BCUT2D eigenvalue weighted by molar-refractivity contribution is 9.10. The summed E-state index contributed by atoms with van der Waals surface area (Å²) in [5, 5.41) is 0.633. The highest BCUT2D eigenvalue weighted by Gasteiger charge is 2.16. The van der Waals surface area contributed by atoms with Crippen LogP contribution in [0.4, 0.5) is 0 Å². The van der Waals surface area contributed by atoms with Gasteiger partial charge in [0.15, 0.2) is 17.8 Å². The Hall–Kier alpha value is -2.84. The van der Waals surface area contributed by atoms with E-state index in [0.29, 0.717) is 28.8 Å². The fourth-order valence-electron chi connectivity index (χ4n) is 2.49. The minimum absolute atomic E-state index is 0.0989. The first kappa shape index (κ1) is 21.9. The van der Waals surface area contributed by atoms with Gasteiger partial charge in [0.2, 0.25) is 5.91 Å². The Kier molecular flexibility index (Phi) is 7.48. The molecule has 1 unspecified atom stereocenters. The molecule has 0 aliphatic heterocycles. The van der Waals surface area contributed by atoms with Gasteiger partial charge >= 0.3 is 0 Å². The summed E-state index contributed by atoms with van der Waals surface area (Å²) in [6.07, 6.45) is 1.20. The van der Waals surface area contributed by atoms with Crippen LogP contribution in [0.25, 0.3) is 11.3 Å². The van der Waals surface area contributed by atoms with Crippen molar-refractivity contribution in [3.8, 4) is 17.1 Å². The average Bonchev–Trinajstić information content (AvgIpc) is 3.20. The van der Waals surface area contributed by atoms with Gasteiger partial charge < -0.3 is 9.15 Å². The van der Waals surface area contributed by atoms with Gasteiger partial charge in [-0.25, -0.2) is 4.98 Å². The molecule has 9 heteroatoms. The van der Waals surface area contributed by atoms with Crippen LogP contribution in [0.1, 0.15) is 19.2 Å². The van der Waals surface area contributed by atoms with Crippen molar-refractivity contribution < 1.29 is 18.7 Å². The highest BCUT2D eigenvalue weighted by Crippen LogP contribution is 2.22. The van der Waals surface area contributed by atoms with Crippen LogP contribution < -0.4 is 15.6 Å². The van der Waals surface area contributed by atoms with Gasteiger partial charge in [-0.15, -0.1) is 0 Å². The molecule has 0 radical (unpaired) electrons. The van der Waals surface area contributed by atoms with E-state index >= 15 is 0 Å². The Morgan fingerprint density at radius 1 is 1.20 bits per heavy atom. The molecular formula is C21H19BrClN3O4. The SMILES string of the molecule is CC(Oc1cccc(Br)c1)C(=O)NNC(=O)CCc1ncc(-c2ccc(Cl)cc2)o1. The number of aryl methyl sites for hydroxylation is 1. The summed E-state index contributed by atoms with van der Waals surface area (Å²) in [6, 6.07) is 14.3. The molecule has 0 aliphatic carbocycles. The van der Waals surface area contributed by atoms with Crippen molar-refractivity contribution in [3.05, 3.63) is 70.1 Å². The summed E-state index contributed by atoms with van der Waals surface area (Å²) in [5.74, 6) is 0.717. The van der Waals surface area contributed by atoms with Gasteiger partial charge in [0.1, 0.15) is 5.75 Å². The molecule has 0 spiro atoms. The van der Waals surface area contributed by atoms with Crippen LogP contribution in [0.2, 0.25) is 5.02 Å². The second-order valence-electron chi connectivity index (χ2n) is 6.38. The van der Waals surface area contributed by atoms with E-state index in [9.17, 15) is 9.59 Å². The number of carbonyl (C=O) groups excluding carboxylic acids is 2. The topological polar surface area (TPSA) is 93.5 Å². The second-order valence-corrected chi connectivity index (χ2v) is 7.73. The van der Waals surface area contributed by atoms with Crippen molar-refractivity contribution in [1.82, 2.24) is 15.8 Å². The summed E-state index contributed by atoms with van der Waals surface area (Å²) in [4.78, 5) is 28.3. The number of nitrogens with one attached hydrogen (secondary N) is 2. The highest BCUT2D eigenvalue weighted by atomic mass is 79.9. The molecule has 1 atom stereocenters. The first-order chi connectivity index (χ1) is 14.4. The van der Waals surface area contributed by atoms with Gasteiger partial charge in [-0.3, -0.25) is 20.4 Å². The van der Waals surface area contributed by atoms with Gasteiger partial charge in [-0.05, 0) is 49.4 Å². The van der Waals surface area contributed by atoms with Crippen LogP contribution in [0, 0.1) is 0 Å². The van der Waals surface area contributed by atoms with E-state index in [1.165, 1.54) is 0 Å². The van der Waals surface area contributed by atoms with Gasteiger partial charge in [-0.2, -0.15) is 0 Å². The zero-order chi connectivity index (χ0) is 21.5. The zero-order valence-electron chi connectivity index (χ0n) is 16.0. The lowest BCUT2D eigenvalue weighted by Crippen LogP contribution is -2.47. The molecular weight excluding hydrogens is 474 g/mol. The first-order valence-electron chi connectivity index (χ1n) is 9.12. The quantitative estimate of drug-likeness (QED) is 0.480. The van der Waals surface area contributed by atoms with Gasteiger partial charge in [0.25, 0.3) is 5.91 Å². The van der Waals surface area contributed by atoms with E-state index in [1.807, 2.05) is 18.2 Å². The number of ether oxygens (including phenoxy) is 1. The molecule has 0 bridgehead atoms. The number of aromatic nitrogens is 1. The maximum atomic E-state index is 12.1. The predicted octanol–water partition coefficient (Wildman–Crippen LogP) is 4.31. The molecule has 0 fully saturated rings. The third-order valence-corrected chi connectivity index (χ3v) is 4.80. The number of nitrogens with zero attached hydrogens (tertiary/aromatic N) is 1. The Labute approximate surface area is 186 Å². The third kappa shape index (κ3) is 6.33. The molecule has 30 heavy (non-hydrogen) atoms. The fraction of sp³-hybridized carbons (Fsp3) is 0.190. The number of halogens is 2. The zero-order valence-corrected chi connectivity index (χ0v) is 18.4. The minimum Gasteiger partial charge on any atom is -0.481 e. The van der Waals surface area contributed by atoms with Gasteiger partial charge in [-0.1, -0.05) is 33.6 Å². The molecule has 2 N–H and O–H groups in total. The monoisotopic (exact) mass is 491 g/mol. The Bertz CT molecular complexity index is 1020. The molecule has 0 aliphatic rings. The van der Waals surface area contributed by atoms with E-state index in [-0.39, 0.29) is 12.3 Å². The maximum Gasteiger partial charge on any atom is 0.279 e. The largest absolute Gasteiger partial charge is 0.481 e. The number of carbonyl (C=O) groups is 2. The van der Waals surface area contributed by atoms with Crippen LogP contribution >= 0.6 is 27.5 Å². The van der Waals surface area contributed by atoms with Crippen LogP contribution in [-0.2, 0) is 16.0 Å². The molecule has 156 valence electrons. The van der Waals surface area contributed by atoms with E-state index in [2.05, 4.69) is 31.8 Å². The molecule has 3 rings (SSSR count). The number of amides is 2. The van der Waals surface area contributed by atoms with E-state index in [4.69, 9.17) is 20.8 Å². The summed E-state index contributed by atoms with van der Waals surface area (Å²) < 4.78 is 12.0. The number of hydrogen-bond acceptors (Lipinski definition) is 5. The molecule has 1 heterocycles. The molecule has 7 nitrogen and oxygen atoms in total. The Balaban J connectivity index is 1.42. The molecule has 3 aromatic rings. The average molecular weight is 493 g/mol. The number of hydrazine groups is 1. The van der Waals surface area contributed by atoms with E-state index in [0.717, 1.165) is 10.0 Å². The van der Waals surface area contributed by atoms with E-state index < -0.39 is 12.0 Å². The maximum absolute atomic E-state index is 12.1. The molecule has 2 aromatic carbocycles. The van der Waals surface area contributed by atoms with Crippen molar-refractivity contribution >= 4 is 39.3 Å². The minimum atomic E-state index is -0.784. The Morgan fingerprint density at radius 3 is 2.70 bits per heavy atom. The predicted molar refractivity (Wildman–Crippen MR) is 116 cm³/mol. The number of rotatable bonds is 7. The standard InChI is InChI=1S/C21H19BrClN3O4/c1-13(29-17-4-2-3-15(22)11-17)21(28)26-25-19(27)9-10-20-24-12-18(30-20)14-5-7-16(23)8-6-14/h2-8,11-13H,9-10H2,1H3,(H,25,27)(H,26,28). The number of hydrogen-bond donors (Lipinski definition) is 2.